The molecule has 4 nitrogen and oxygen atoms in total. The molecule has 1 aromatic rings. The molecule has 1 aromatic heterocycles. The number of carboxylic acid groups (broad SMARTS) is 1. The molecule has 0 bridgehead atoms. The number of aliphatic hydroxyl groups excluding tert-OH is 1. The lowest BCUT2D eigenvalue weighted by Crippen LogP contribution is -2.30. The van der Waals surface area contributed by atoms with Crippen molar-refractivity contribution >= 4 is 5.97 Å². The van der Waals surface area contributed by atoms with Gasteiger partial charge in [-0.1, -0.05) is 0 Å². The van der Waals surface area contributed by atoms with Gasteiger partial charge in [-0.3, -0.25) is 0 Å². The molecule has 100 valence electrons. The largest absolute Gasteiger partial charge is 0.475 e. The zero-order valence-corrected chi connectivity index (χ0v) is 9.41. The second kappa shape index (κ2) is 4.01. The summed E-state index contributed by atoms with van der Waals surface area (Å²) in [5.41, 5.74) is 0.388. The summed E-state index contributed by atoms with van der Waals surface area (Å²) in [6, 6.07) is 0. The molecule has 0 saturated heterocycles. The number of hydrogen-bond donors (Lipinski definition) is 2. The first kappa shape index (κ1) is 12.9. The first-order chi connectivity index (χ1) is 8.21. The monoisotopic (exact) mass is 264 g/mol. The van der Waals surface area contributed by atoms with E-state index in [0.717, 1.165) is 0 Å². The van der Waals surface area contributed by atoms with E-state index < -0.39 is 42.8 Å². The SMILES string of the molecule is Cc1c(C(=O)O)oc2c1[C@@H](O)C[C@H](C(F)(F)F)C2. The lowest BCUT2D eigenvalue weighted by Gasteiger charge is -2.27. The van der Waals surface area contributed by atoms with Crippen LogP contribution in [0.15, 0.2) is 4.42 Å². The third kappa shape index (κ3) is 1.98. The van der Waals surface area contributed by atoms with Crippen LogP contribution in [0.4, 0.5) is 13.2 Å². The van der Waals surface area contributed by atoms with Crippen molar-refractivity contribution in [3.05, 3.63) is 22.6 Å². The minimum absolute atomic E-state index is 0.0778. The fraction of sp³-hybridized carbons (Fsp3) is 0.545. The van der Waals surface area contributed by atoms with Gasteiger partial charge in [-0.25, -0.2) is 4.79 Å². The molecule has 0 aliphatic heterocycles. The summed E-state index contributed by atoms with van der Waals surface area (Å²) in [4.78, 5) is 10.8. The molecule has 0 spiro atoms. The summed E-state index contributed by atoms with van der Waals surface area (Å²) in [7, 11) is 0. The van der Waals surface area contributed by atoms with Gasteiger partial charge in [0.1, 0.15) is 5.76 Å². The van der Waals surface area contributed by atoms with Crippen molar-refractivity contribution in [1.29, 1.82) is 0 Å². The Kier molecular flexibility index (Phi) is 2.89. The number of carbonyl (C=O) groups is 1. The van der Waals surface area contributed by atoms with E-state index >= 15 is 0 Å². The Hall–Kier alpha value is -1.50. The van der Waals surface area contributed by atoms with Gasteiger partial charge in [0, 0.05) is 17.5 Å². The molecule has 2 N–H and O–H groups in total. The van der Waals surface area contributed by atoms with Gasteiger partial charge in [0.15, 0.2) is 0 Å². The molecule has 0 amide bonds. The van der Waals surface area contributed by atoms with Crippen LogP contribution in [0.2, 0.25) is 0 Å². The van der Waals surface area contributed by atoms with Crippen LogP contribution in [-0.2, 0) is 6.42 Å². The predicted molar refractivity (Wildman–Crippen MR) is 53.2 cm³/mol. The van der Waals surface area contributed by atoms with Crippen molar-refractivity contribution in [3.8, 4) is 0 Å². The number of alkyl halides is 3. The summed E-state index contributed by atoms with van der Waals surface area (Å²) in [5.74, 6) is -3.53. The average molecular weight is 264 g/mol. The van der Waals surface area contributed by atoms with Gasteiger partial charge < -0.3 is 14.6 Å². The van der Waals surface area contributed by atoms with E-state index in [1.54, 1.807) is 0 Å². The van der Waals surface area contributed by atoms with Gasteiger partial charge in [0.05, 0.1) is 12.0 Å². The van der Waals surface area contributed by atoms with Crippen molar-refractivity contribution in [3.63, 3.8) is 0 Å². The smallest absolute Gasteiger partial charge is 0.392 e. The van der Waals surface area contributed by atoms with Crippen LogP contribution in [-0.4, -0.2) is 22.4 Å². The van der Waals surface area contributed by atoms with E-state index in [-0.39, 0.29) is 16.9 Å². The quantitative estimate of drug-likeness (QED) is 0.817. The van der Waals surface area contributed by atoms with Gasteiger partial charge >= 0.3 is 12.1 Å². The van der Waals surface area contributed by atoms with Gasteiger partial charge in [-0.05, 0) is 13.3 Å². The van der Waals surface area contributed by atoms with Crippen molar-refractivity contribution in [2.45, 2.75) is 32.0 Å². The van der Waals surface area contributed by atoms with Crippen molar-refractivity contribution in [2.75, 3.05) is 0 Å². The molecule has 0 unspecified atom stereocenters. The maximum absolute atomic E-state index is 12.6. The lowest BCUT2D eigenvalue weighted by atomic mass is 9.84. The molecule has 0 saturated carbocycles. The normalized spacial score (nSPS) is 23.8. The summed E-state index contributed by atoms with van der Waals surface area (Å²) in [6.07, 6.45) is -6.65. The van der Waals surface area contributed by atoms with Crippen LogP contribution >= 0.6 is 0 Å². The van der Waals surface area contributed by atoms with Crippen LogP contribution < -0.4 is 0 Å². The highest BCUT2D eigenvalue weighted by atomic mass is 19.4. The molecule has 2 atom stereocenters. The topological polar surface area (TPSA) is 70.7 Å². The third-order valence-electron chi connectivity index (χ3n) is 3.20. The number of rotatable bonds is 1. The Morgan fingerprint density at radius 2 is 2.06 bits per heavy atom. The lowest BCUT2D eigenvalue weighted by molar-refractivity contribution is -0.185. The first-order valence-corrected chi connectivity index (χ1v) is 5.32. The number of aliphatic hydroxyl groups is 1. The van der Waals surface area contributed by atoms with Crippen LogP contribution in [0.1, 0.15) is 40.0 Å². The summed E-state index contributed by atoms with van der Waals surface area (Å²) in [5, 5.41) is 18.5. The molecule has 2 rings (SSSR count). The molecule has 7 heteroatoms. The van der Waals surface area contributed by atoms with E-state index in [0.29, 0.717) is 0 Å². The number of furan rings is 1. The standard InChI is InChI=1S/C11H11F3O4/c1-4-8-6(15)2-5(11(12,13)14)3-7(8)18-9(4)10(16)17/h5-6,15H,2-3H2,1H3,(H,16,17)/t5-,6-/m0/s1. The Morgan fingerprint density at radius 1 is 1.44 bits per heavy atom. The predicted octanol–water partition coefficient (Wildman–Crippen LogP) is 2.44. The van der Waals surface area contributed by atoms with Gasteiger partial charge in [-0.15, -0.1) is 0 Å². The van der Waals surface area contributed by atoms with Crippen LogP contribution in [0.3, 0.4) is 0 Å². The van der Waals surface area contributed by atoms with Crippen LogP contribution in [0.5, 0.6) is 0 Å². The highest BCUT2D eigenvalue weighted by molar-refractivity contribution is 5.86. The summed E-state index contributed by atoms with van der Waals surface area (Å²) < 4.78 is 42.8. The molecule has 1 heterocycles. The first-order valence-electron chi connectivity index (χ1n) is 5.32. The Morgan fingerprint density at radius 3 is 2.56 bits per heavy atom. The minimum atomic E-state index is -4.43. The molecule has 0 fully saturated rings. The molecule has 0 radical (unpaired) electrons. The van der Waals surface area contributed by atoms with Crippen molar-refractivity contribution < 1.29 is 32.6 Å². The fourth-order valence-corrected chi connectivity index (χ4v) is 2.32. The van der Waals surface area contributed by atoms with E-state index in [4.69, 9.17) is 9.52 Å². The average Bonchev–Trinajstić information content (AvgIpc) is 2.55. The Bertz CT molecular complexity index is 489. The zero-order valence-electron chi connectivity index (χ0n) is 9.41. The van der Waals surface area contributed by atoms with E-state index in [9.17, 15) is 23.1 Å². The van der Waals surface area contributed by atoms with Gasteiger partial charge in [0.2, 0.25) is 5.76 Å². The molecular formula is C11H11F3O4. The summed E-state index contributed by atoms with van der Waals surface area (Å²) in [6.45, 7) is 1.42. The van der Waals surface area contributed by atoms with Crippen molar-refractivity contribution in [1.82, 2.24) is 0 Å². The highest BCUT2D eigenvalue weighted by Crippen LogP contribution is 2.44. The van der Waals surface area contributed by atoms with Crippen LogP contribution in [0, 0.1) is 12.8 Å². The van der Waals surface area contributed by atoms with Crippen LogP contribution in [0.25, 0.3) is 0 Å². The van der Waals surface area contributed by atoms with Gasteiger partial charge in [-0.2, -0.15) is 13.2 Å². The molecule has 1 aliphatic carbocycles. The Labute approximate surface area is 100 Å². The number of hydrogen-bond acceptors (Lipinski definition) is 3. The van der Waals surface area contributed by atoms with Crippen molar-refractivity contribution in [2.24, 2.45) is 5.92 Å². The molecular weight excluding hydrogens is 253 g/mol. The number of aromatic carboxylic acids is 1. The van der Waals surface area contributed by atoms with E-state index in [1.165, 1.54) is 6.92 Å². The van der Waals surface area contributed by atoms with E-state index in [1.807, 2.05) is 0 Å². The maximum atomic E-state index is 12.6. The fourth-order valence-electron chi connectivity index (χ4n) is 2.32. The Balaban J connectivity index is 2.43. The molecule has 0 aromatic carbocycles. The number of halogens is 3. The minimum Gasteiger partial charge on any atom is -0.475 e. The number of carboxylic acids is 1. The second-order valence-electron chi connectivity index (χ2n) is 4.39. The maximum Gasteiger partial charge on any atom is 0.392 e. The second-order valence-corrected chi connectivity index (χ2v) is 4.39. The van der Waals surface area contributed by atoms with E-state index in [2.05, 4.69) is 0 Å². The third-order valence-corrected chi connectivity index (χ3v) is 3.20. The molecule has 18 heavy (non-hydrogen) atoms. The zero-order chi connectivity index (χ0) is 13.7. The molecule has 1 aliphatic rings. The van der Waals surface area contributed by atoms with Gasteiger partial charge in [0.25, 0.3) is 0 Å². The number of fused-ring (bicyclic) bond motifs is 1. The summed E-state index contributed by atoms with van der Waals surface area (Å²) >= 11 is 0. The highest BCUT2D eigenvalue weighted by Gasteiger charge is 2.46.